The maximum atomic E-state index is 2.44. The van der Waals surface area contributed by atoms with Crippen LogP contribution in [0.3, 0.4) is 0 Å². The summed E-state index contributed by atoms with van der Waals surface area (Å²) in [7, 11) is 0.0239. The molecular formula is C16H29PS. The van der Waals surface area contributed by atoms with E-state index in [4.69, 9.17) is 0 Å². The summed E-state index contributed by atoms with van der Waals surface area (Å²) in [4.78, 5) is 0. The van der Waals surface area contributed by atoms with E-state index in [9.17, 15) is 0 Å². The van der Waals surface area contributed by atoms with E-state index in [1.807, 2.05) is 11.8 Å². The van der Waals surface area contributed by atoms with Gasteiger partial charge >= 0.3 is 0 Å². The van der Waals surface area contributed by atoms with Crippen molar-refractivity contribution in [3.63, 3.8) is 0 Å². The molecule has 0 aromatic rings. The number of rotatable bonds is 7. The lowest BCUT2D eigenvalue weighted by Gasteiger charge is -2.28. The van der Waals surface area contributed by atoms with Crippen LogP contribution in [-0.4, -0.2) is 22.8 Å². The number of allylic oxidation sites excluding steroid dienone is 4. The molecule has 18 heavy (non-hydrogen) atoms. The van der Waals surface area contributed by atoms with Crippen LogP contribution in [0, 0.1) is 0 Å². The molecule has 0 bridgehead atoms. The summed E-state index contributed by atoms with van der Waals surface area (Å²) in [6, 6.07) is 0. The van der Waals surface area contributed by atoms with E-state index in [1.54, 1.807) is 10.9 Å². The molecule has 0 N–H and O–H groups in total. The number of thioether (sulfide) groups is 1. The van der Waals surface area contributed by atoms with Gasteiger partial charge in [0.1, 0.15) is 0 Å². The molecule has 1 atom stereocenters. The van der Waals surface area contributed by atoms with E-state index in [0.717, 1.165) is 16.6 Å². The lowest BCUT2D eigenvalue weighted by Crippen LogP contribution is -2.07. The van der Waals surface area contributed by atoms with Gasteiger partial charge in [0.2, 0.25) is 0 Å². The zero-order chi connectivity index (χ0) is 13.7. The average molecular weight is 284 g/mol. The molecule has 0 saturated heterocycles. The molecule has 1 rings (SSSR count). The molecule has 0 radical (unpaired) electrons. The van der Waals surface area contributed by atoms with Gasteiger partial charge in [0.25, 0.3) is 0 Å². The summed E-state index contributed by atoms with van der Waals surface area (Å²) in [5.74, 6) is 0. The van der Waals surface area contributed by atoms with Gasteiger partial charge < -0.3 is 0 Å². The van der Waals surface area contributed by atoms with Gasteiger partial charge in [-0.3, -0.25) is 0 Å². The van der Waals surface area contributed by atoms with E-state index in [2.05, 4.69) is 53.0 Å². The highest BCUT2D eigenvalue weighted by molar-refractivity contribution is 7.99. The van der Waals surface area contributed by atoms with Gasteiger partial charge in [0, 0.05) is 5.25 Å². The maximum absolute atomic E-state index is 2.44. The Morgan fingerprint density at radius 2 is 1.83 bits per heavy atom. The molecule has 0 aliphatic heterocycles. The van der Waals surface area contributed by atoms with Gasteiger partial charge in [0.05, 0.1) is 0 Å². The van der Waals surface area contributed by atoms with Crippen molar-refractivity contribution in [2.24, 2.45) is 0 Å². The van der Waals surface area contributed by atoms with Crippen molar-refractivity contribution in [2.75, 3.05) is 6.26 Å². The van der Waals surface area contributed by atoms with Crippen LogP contribution in [0.25, 0.3) is 0 Å². The predicted molar refractivity (Wildman–Crippen MR) is 90.2 cm³/mol. The van der Waals surface area contributed by atoms with Crippen molar-refractivity contribution in [1.82, 2.24) is 0 Å². The lowest BCUT2D eigenvalue weighted by molar-refractivity contribution is 0.799. The molecule has 1 unspecified atom stereocenters. The quantitative estimate of drug-likeness (QED) is 0.514. The van der Waals surface area contributed by atoms with Crippen molar-refractivity contribution in [1.29, 1.82) is 0 Å². The molecule has 0 saturated carbocycles. The van der Waals surface area contributed by atoms with Crippen LogP contribution in [0.1, 0.15) is 53.9 Å². The van der Waals surface area contributed by atoms with E-state index in [-0.39, 0.29) is 7.92 Å². The zero-order valence-electron chi connectivity index (χ0n) is 12.9. The SMILES string of the molecule is CCC(CC1=C(P(C(C)C)C(C)C)C=CC1)SC. The minimum atomic E-state index is 0.0239. The van der Waals surface area contributed by atoms with E-state index < -0.39 is 0 Å². The Labute approximate surface area is 119 Å². The lowest BCUT2D eigenvalue weighted by atomic mass is 10.1. The summed E-state index contributed by atoms with van der Waals surface area (Å²) in [6.45, 7) is 11.9. The van der Waals surface area contributed by atoms with Gasteiger partial charge in [-0.1, -0.05) is 60.3 Å². The second kappa shape index (κ2) is 7.75. The van der Waals surface area contributed by atoms with Gasteiger partial charge in [-0.15, -0.1) is 0 Å². The molecule has 2 heteroatoms. The van der Waals surface area contributed by atoms with Crippen molar-refractivity contribution >= 4 is 19.7 Å². The number of hydrogen-bond donors (Lipinski definition) is 0. The first-order chi connectivity index (χ1) is 8.51. The average Bonchev–Trinajstić information content (AvgIpc) is 2.73. The van der Waals surface area contributed by atoms with Gasteiger partial charge in [0.15, 0.2) is 0 Å². The van der Waals surface area contributed by atoms with Crippen LogP contribution in [-0.2, 0) is 0 Å². The first-order valence-electron chi connectivity index (χ1n) is 7.20. The first kappa shape index (κ1) is 16.3. The minimum Gasteiger partial charge on any atom is -0.162 e. The highest BCUT2D eigenvalue weighted by Gasteiger charge is 2.25. The van der Waals surface area contributed by atoms with E-state index in [0.29, 0.717) is 0 Å². The van der Waals surface area contributed by atoms with Crippen LogP contribution < -0.4 is 0 Å². The third-order valence-corrected chi connectivity index (χ3v) is 8.07. The second-order valence-electron chi connectivity index (χ2n) is 5.66. The fourth-order valence-corrected chi connectivity index (χ4v) is 6.65. The van der Waals surface area contributed by atoms with Crippen LogP contribution in [0.2, 0.25) is 0 Å². The van der Waals surface area contributed by atoms with Crippen molar-refractivity contribution < 1.29 is 0 Å². The molecule has 0 aromatic heterocycles. The normalized spacial score (nSPS) is 17.6. The summed E-state index contributed by atoms with van der Waals surface area (Å²) < 4.78 is 0. The molecular weight excluding hydrogens is 255 g/mol. The molecule has 104 valence electrons. The maximum Gasteiger partial charge on any atom is 0.00792 e. The van der Waals surface area contributed by atoms with Crippen molar-refractivity contribution in [3.05, 3.63) is 23.0 Å². The van der Waals surface area contributed by atoms with E-state index >= 15 is 0 Å². The van der Waals surface area contributed by atoms with E-state index in [1.165, 1.54) is 19.3 Å². The first-order valence-corrected chi connectivity index (χ1v) is 9.97. The van der Waals surface area contributed by atoms with Crippen LogP contribution in [0.15, 0.2) is 23.0 Å². The summed E-state index contributed by atoms with van der Waals surface area (Å²) in [5.41, 5.74) is 3.36. The van der Waals surface area contributed by atoms with Gasteiger partial charge in [-0.05, 0) is 42.2 Å². The summed E-state index contributed by atoms with van der Waals surface area (Å²) >= 11 is 2.03. The van der Waals surface area contributed by atoms with Crippen LogP contribution in [0.4, 0.5) is 0 Å². The fraction of sp³-hybridized carbons (Fsp3) is 0.750. The molecule has 1 aliphatic rings. The monoisotopic (exact) mass is 284 g/mol. The molecule has 0 amide bonds. The Morgan fingerprint density at radius 1 is 1.22 bits per heavy atom. The van der Waals surface area contributed by atoms with Crippen LogP contribution in [0.5, 0.6) is 0 Å². The molecule has 0 heterocycles. The molecule has 0 nitrogen and oxygen atoms in total. The predicted octanol–water partition coefficient (Wildman–Crippen LogP) is 6.03. The standard InChI is InChI=1S/C16H29PS/c1-7-15(18-6)11-14-9-8-10-16(14)17(12(2)3)13(4)5/h8,10,12-13,15H,7,9,11H2,1-6H3. The summed E-state index contributed by atoms with van der Waals surface area (Å²) in [6.07, 6.45) is 10.9. The largest absolute Gasteiger partial charge is 0.162 e. The Hall–Kier alpha value is 0.260. The molecule has 1 aliphatic carbocycles. The minimum absolute atomic E-state index is 0.0239. The van der Waals surface area contributed by atoms with Crippen molar-refractivity contribution in [3.8, 4) is 0 Å². The van der Waals surface area contributed by atoms with Gasteiger partial charge in [-0.2, -0.15) is 11.8 Å². The van der Waals surface area contributed by atoms with Crippen LogP contribution >= 0.6 is 19.7 Å². The Balaban J connectivity index is 2.90. The Kier molecular flexibility index (Phi) is 7.03. The number of hydrogen-bond acceptors (Lipinski definition) is 1. The van der Waals surface area contributed by atoms with Crippen molar-refractivity contribution in [2.45, 2.75) is 70.4 Å². The second-order valence-corrected chi connectivity index (χ2v) is 10.2. The molecule has 0 fully saturated rings. The summed E-state index contributed by atoms with van der Waals surface area (Å²) in [5, 5.41) is 2.54. The smallest absolute Gasteiger partial charge is 0.00792 e. The Bertz CT molecular complexity index is 303. The third kappa shape index (κ3) is 4.14. The zero-order valence-corrected chi connectivity index (χ0v) is 14.6. The topological polar surface area (TPSA) is 0 Å². The highest BCUT2D eigenvalue weighted by atomic mass is 32.2. The Morgan fingerprint density at radius 3 is 2.28 bits per heavy atom. The fourth-order valence-electron chi connectivity index (χ4n) is 2.81. The highest BCUT2D eigenvalue weighted by Crippen LogP contribution is 2.57. The molecule has 0 spiro atoms. The van der Waals surface area contributed by atoms with Gasteiger partial charge in [-0.25, -0.2) is 0 Å². The molecule has 0 aromatic carbocycles. The third-order valence-electron chi connectivity index (χ3n) is 3.66.